The van der Waals surface area contributed by atoms with Crippen LogP contribution in [-0.2, 0) is 4.74 Å². The second kappa shape index (κ2) is 2.86. The molecule has 0 aromatic heterocycles. The zero-order valence-corrected chi connectivity index (χ0v) is 8.99. The lowest BCUT2D eigenvalue weighted by molar-refractivity contribution is 0.0271. The van der Waals surface area contributed by atoms with Gasteiger partial charge in [0.1, 0.15) is 5.60 Å². The van der Waals surface area contributed by atoms with Gasteiger partial charge in [-0.05, 0) is 32.6 Å². The van der Waals surface area contributed by atoms with Crippen molar-refractivity contribution in [3.63, 3.8) is 0 Å². The number of rotatable bonds is 0. The van der Waals surface area contributed by atoms with Gasteiger partial charge in [0.2, 0.25) is 0 Å². The van der Waals surface area contributed by atoms with Gasteiger partial charge >= 0.3 is 6.09 Å². The maximum atomic E-state index is 11.6. The van der Waals surface area contributed by atoms with E-state index in [4.69, 9.17) is 10.5 Å². The molecule has 0 spiro atoms. The molecule has 14 heavy (non-hydrogen) atoms. The predicted molar refractivity (Wildman–Crippen MR) is 52.8 cm³/mol. The van der Waals surface area contributed by atoms with E-state index in [-0.39, 0.29) is 6.09 Å². The first-order chi connectivity index (χ1) is 6.38. The lowest BCUT2D eigenvalue weighted by Gasteiger charge is -2.25. The van der Waals surface area contributed by atoms with Crippen molar-refractivity contribution < 1.29 is 9.53 Å². The Morgan fingerprint density at radius 3 is 2.29 bits per heavy atom. The molecule has 3 atom stereocenters. The van der Waals surface area contributed by atoms with E-state index in [1.54, 1.807) is 4.90 Å². The van der Waals surface area contributed by atoms with Gasteiger partial charge in [-0.15, -0.1) is 0 Å². The molecule has 2 N–H and O–H groups in total. The van der Waals surface area contributed by atoms with Gasteiger partial charge < -0.3 is 15.4 Å². The van der Waals surface area contributed by atoms with Gasteiger partial charge in [0.15, 0.2) is 0 Å². The molecule has 4 heteroatoms. The molecule has 1 unspecified atom stereocenters. The maximum absolute atomic E-state index is 11.6. The first kappa shape index (κ1) is 9.77. The highest BCUT2D eigenvalue weighted by molar-refractivity contribution is 5.69. The van der Waals surface area contributed by atoms with Crippen LogP contribution in [0.3, 0.4) is 0 Å². The Hall–Kier alpha value is -0.770. The summed E-state index contributed by atoms with van der Waals surface area (Å²) in [5.41, 5.74) is 5.39. The molecule has 0 bridgehead atoms. The minimum Gasteiger partial charge on any atom is -0.444 e. The molecule has 2 fully saturated rings. The van der Waals surface area contributed by atoms with Crippen LogP contribution in [0.2, 0.25) is 0 Å². The number of nitrogens with two attached hydrogens (primary N) is 1. The fraction of sp³-hybridized carbons (Fsp3) is 0.900. The molecule has 1 aliphatic carbocycles. The molecule has 4 nitrogen and oxygen atoms in total. The molecule has 1 amide bonds. The number of nitrogens with zero attached hydrogens (tertiary/aromatic N) is 1. The van der Waals surface area contributed by atoms with Gasteiger partial charge in [-0.3, -0.25) is 0 Å². The highest BCUT2D eigenvalue weighted by Gasteiger charge is 2.55. The van der Waals surface area contributed by atoms with Gasteiger partial charge in [-0.2, -0.15) is 0 Å². The molecule has 1 saturated heterocycles. The molecule has 1 saturated carbocycles. The maximum Gasteiger partial charge on any atom is 0.410 e. The Morgan fingerprint density at radius 2 is 1.86 bits per heavy atom. The number of hydrogen-bond donors (Lipinski definition) is 1. The summed E-state index contributed by atoms with van der Waals surface area (Å²) in [6.45, 7) is 7.20. The molecule has 1 heterocycles. The monoisotopic (exact) mass is 198 g/mol. The van der Waals surface area contributed by atoms with E-state index < -0.39 is 5.60 Å². The highest BCUT2D eigenvalue weighted by atomic mass is 16.6. The third-order valence-electron chi connectivity index (χ3n) is 2.91. The van der Waals surface area contributed by atoms with E-state index >= 15 is 0 Å². The summed E-state index contributed by atoms with van der Waals surface area (Å²) in [6.07, 6.45) is -0.197. The fourth-order valence-corrected chi connectivity index (χ4v) is 2.05. The van der Waals surface area contributed by atoms with Gasteiger partial charge in [0.05, 0.1) is 0 Å². The fourth-order valence-electron chi connectivity index (χ4n) is 2.05. The van der Waals surface area contributed by atoms with Crippen molar-refractivity contribution >= 4 is 6.09 Å². The third kappa shape index (κ3) is 1.71. The van der Waals surface area contributed by atoms with E-state index in [1.807, 2.05) is 20.8 Å². The van der Waals surface area contributed by atoms with Crippen LogP contribution in [0.4, 0.5) is 4.79 Å². The molecule has 2 rings (SSSR count). The number of carbonyl (C=O) groups excluding carboxylic acids is 1. The molecule has 0 aromatic carbocycles. The summed E-state index contributed by atoms with van der Waals surface area (Å²) in [5, 5.41) is 0. The first-order valence-electron chi connectivity index (χ1n) is 5.12. The van der Waals surface area contributed by atoms with Crippen LogP contribution in [0.5, 0.6) is 0 Å². The van der Waals surface area contributed by atoms with E-state index in [2.05, 4.69) is 0 Å². The lowest BCUT2D eigenvalue weighted by atomic mass is 10.2. The zero-order valence-electron chi connectivity index (χ0n) is 8.99. The van der Waals surface area contributed by atoms with Crippen molar-refractivity contribution in [2.45, 2.75) is 32.4 Å². The number of hydrogen-bond acceptors (Lipinski definition) is 3. The summed E-state index contributed by atoms with van der Waals surface area (Å²) in [6, 6.07) is 0.327. The number of fused-ring (bicyclic) bond motifs is 1. The minimum atomic E-state index is -0.397. The minimum absolute atomic E-state index is 0.197. The van der Waals surface area contributed by atoms with Crippen LogP contribution in [0.25, 0.3) is 0 Å². The normalized spacial score (nSPS) is 35.4. The van der Waals surface area contributed by atoms with E-state index in [0.29, 0.717) is 17.9 Å². The summed E-state index contributed by atoms with van der Waals surface area (Å²) in [7, 11) is 0. The van der Waals surface area contributed by atoms with Crippen molar-refractivity contribution in [2.24, 2.45) is 17.6 Å². The van der Waals surface area contributed by atoms with Crippen LogP contribution >= 0.6 is 0 Å². The molecular formula is C10H18N2O2. The Kier molecular flexibility index (Phi) is 2.00. The van der Waals surface area contributed by atoms with E-state index in [9.17, 15) is 4.79 Å². The largest absolute Gasteiger partial charge is 0.444 e. The lowest BCUT2D eigenvalue weighted by Crippen LogP contribution is -2.38. The summed E-state index contributed by atoms with van der Waals surface area (Å²) >= 11 is 0. The Balaban J connectivity index is 1.84. The van der Waals surface area contributed by atoms with Gasteiger partial charge in [-0.25, -0.2) is 4.79 Å². The number of ether oxygens (including phenoxy) is 1. The van der Waals surface area contributed by atoms with Gasteiger partial charge in [0.25, 0.3) is 0 Å². The van der Waals surface area contributed by atoms with E-state index in [1.165, 1.54) is 0 Å². The van der Waals surface area contributed by atoms with Gasteiger partial charge in [0, 0.05) is 19.1 Å². The second-order valence-corrected chi connectivity index (χ2v) is 5.29. The standard InChI is InChI=1S/C10H18N2O2/c1-10(2,3)14-9(13)12-4-6-7(5-12)8(6)11/h6-8H,4-5,11H2,1-3H3/t6-,7+,8?. The Bertz CT molecular complexity index is 247. The first-order valence-corrected chi connectivity index (χ1v) is 5.12. The van der Waals surface area contributed by atoms with Crippen molar-refractivity contribution in [1.82, 2.24) is 4.90 Å². The third-order valence-corrected chi connectivity index (χ3v) is 2.91. The summed E-state index contributed by atoms with van der Waals surface area (Å²) in [5.74, 6) is 1.06. The molecule has 2 aliphatic rings. The molecule has 0 aromatic rings. The number of likely N-dealkylation sites (tertiary alicyclic amines) is 1. The van der Waals surface area contributed by atoms with Crippen LogP contribution in [0.1, 0.15) is 20.8 Å². The van der Waals surface area contributed by atoms with Gasteiger partial charge in [-0.1, -0.05) is 0 Å². The number of piperidine rings is 1. The van der Waals surface area contributed by atoms with Crippen molar-refractivity contribution in [1.29, 1.82) is 0 Å². The van der Waals surface area contributed by atoms with Crippen LogP contribution < -0.4 is 5.73 Å². The Morgan fingerprint density at radius 1 is 1.36 bits per heavy atom. The second-order valence-electron chi connectivity index (χ2n) is 5.29. The zero-order chi connectivity index (χ0) is 10.5. The van der Waals surface area contributed by atoms with E-state index in [0.717, 1.165) is 13.1 Å². The SMILES string of the molecule is CC(C)(C)OC(=O)N1C[C@@H]2C(N)[C@@H]2C1. The average Bonchev–Trinajstić information content (AvgIpc) is 2.47. The highest BCUT2D eigenvalue weighted by Crippen LogP contribution is 2.43. The van der Waals surface area contributed by atoms with Crippen LogP contribution in [0.15, 0.2) is 0 Å². The molecule has 1 aliphatic heterocycles. The Labute approximate surface area is 84.4 Å². The molecule has 0 radical (unpaired) electrons. The van der Waals surface area contributed by atoms with Crippen molar-refractivity contribution in [2.75, 3.05) is 13.1 Å². The van der Waals surface area contributed by atoms with Crippen molar-refractivity contribution in [3.05, 3.63) is 0 Å². The van der Waals surface area contributed by atoms with Crippen molar-refractivity contribution in [3.8, 4) is 0 Å². The quantitative estimate of drug-likeness (QED) is 0.626. The molecular weight excluding hydrogens is 180 g/mol. The number of amides is 1. The molecule has 80 valence electrons. The van der Waals surface area contributed by atoms with Crippen LogP contribution in [-0.4, -0.2) is 35.7 Å². The predicted octanol–water partition coefficient (Wildman–Crippen LogP) is 0.810. The average molecular weight is 198 g/mol. The summed E-state index contributed by atoms with van der Waals surface area (Å²) in [4.78, 5) is 13.4. The van der Waals surface area contributed by atoms with Crippen LogP contribution in [0, 0.1) is 11.8 Å². The summed E-state index contributed by atoms with van der Waals surface area (Å²) < 4.78 is 5.27. The number of carbonyl (C=O) groups is 1. The topological polar surface area (TPSA) is 55.6 Å². The smallest absolute Gasteiger partial charge is 0.410 e.